The van der Waals surface area contributed by atoms with Crippen molar-refractivity contribution in [1.82, 2.24) is 10.1 Å². The van der Waals surface area contributed by atoms with Gasteiger partial charge in [-0.25, -0.2) is 0 Å². The summed E-state index contributed by atoms with van der Waals surface area (Å²) in [7, 11) is 1.69. The normalized spacial score (nSPS) is 22.3. The van der Waals surface area contributed by atoms with Gasteiger partial charge in [0.25, 0.3) is 0 Å². The van der Waals surface area contributed by atoms with Gasteiger partial charge in [0.05, 0.1) is 6.42 Å². The monoisotopic (exact) mass is 250 g/mol. The number of Topliss-reactive ketones (excluding diaryl/α,β-unsaturated/α-hetero) is 1. The van der Waals surface area contributed by atoms with E-state index in [1.807, 2.05) is 0 Å². The summed E-state index contributed by atoms with van der Waals surface area (Å²) in [5.41, 5.74) is -0.385. The third kappa shape index (κ3) is 2.07. The topological polar surface area (TPSA) is 65.2 Å². The SMILES string of the molecule is COC1(c2noc(CC(=O)C3CC3)n2)CCCC1. The van der Waals surface area contributed by atoms with Crippen LogP contribution < -0.4 is 0 Å². The zero-order chi connectivity index (χ0) is 12.6. The third-order valence-corrected chi connectivity index (χ3v) is 4.04. The van der Waals surface area contributed by atoms with E-state index in [4.69, 9.17) is 9.26 Å². The summed E-state index contributed by atoms with van der Waals surface area (Å²) in [5, 5.41) is 4.01. The number of hydrogen-bond donors (Lipinski definition) is 0. The summed E-state index contributed by atoms with van der Waals surface area (Å²) >= 11 is 0. The molecule has 0 saturated heterocycles. The average molecular weight is 250 g/mol. The Morgan fingerprint density at radius 3 is 2.78 bits per heavy atom. The molecule has 98 valence electrons. The molecule has 0 N–H and O–H groups in total. The molecule has 3 rings (SSSR count). The number of methoxy groups -OCH3 is 1. The molecule has 2 aliphatic carbocycles. The van der Waals surface area contributed by atoms with Gasteiger partial charge >= 0.3 is 0 Å². The highest BCUT2D eigenvalue weighted by Crippen LogP contribution is 2.40. The molecule has 1 aromatic rings. The Morgan fingerprint density at radius 1 is 1.44 bits per heavy atom. The fourth-order valence-electron chi connectivity index (χ4n) is 2.68. The van der Waals surface area contributed by atoms with Crippen LogP contribution in [0.15, 0.2) is 4.52 Å². The maximum atomic E-state index is 11.7. The Hall–Kier alpha value is -1.23. The number of nitrogens with zero attached hydrogens (tertiary/aromatic N) is 2. The van der Waals surface area contributed by atoms with Gasteiger partial charge in [-0.2, -0.15) is 4.98 Å². The number of rotatable bonds is 5. The predicted octanol–water partition coefficient (Wildman–Crippen LogP) is 2.01. The van der Waals surface area contributed by atoms with E-state index in [1.165, 1.54) is 0 Å². The largest absolute Gasteiger partial charge is 0.370 e. The van der Waals surface area contributed by atoms with Gasteiger partial charge in [-0.1, -0.05) is 5.16 Å². The lowest BCUT2D eigenvalue weighted by Crippen LogP contribution is -2.26. The van der Waals surface area contributed by atoms with E-state index in [0.717, 1.165) is 38.5 Å². The van der Waals surface area contributed by atoms with Gasteiger partial charge in [-0.3, -0.25) is 4.79 Å². The van der Waals surface area contributed by atoms with E-state index in [-0.39, 0.29) is 23.7 Å². The first kappa shape index (κ1) is 11.8. The van der Waals surface area contributed by atoms with E-state index in [2.05, 4.69) is 10.1 Å². The van der Waals surface area contributed by atoms with Gasteiger partial charge < -0.3 is 9.26 Å². The molecule has 5 heteroatoms. The average Bonchev–Trinajstić information content (AvgIpc) is 2.94. The van der Waals surface area contributed by atoms with Gasteiger partial charge in [0.15, 0.2) is 0 Å². The Labute approximate surface area is 106 Å². The molecule has 0 radical (unpaired) electrons. The van der Waals surface area contributed by atoms with E-state index in [9.17, 15) is 4.79 Å². The molecule has 18 heavy (non-hydrogen) atoms. The molecular weight excluding hydrogens is 232 g/mol. The van der Waals surface area contributed by atoms with Gasteiger partial charge in [-0.05, 0) is 38.5 Å². The van der Waals surface area contributed by atoms with E-state index in [1.54, 1.807) is 7.11 Å². The fraction of sp³-hybridized carbons (Fsp3) is 0.769. The number of ketones is 1. The van der Waals surface area contributed by atoms with Crippen LogP contribution >= 0.6 is 0 Å². The van der Waals surface area contributed by atoms with Crippen molar-refractivity contribution >= 4 is 5.78 Å². The molecule has 2 aliphatic rings. The van der Waals surface area contributed by atoms with Crippen LogP contribution in [-0.2, 0) is 21.6 Å². The lowest BCUT2D eigenvalue weighted by atomic mass is 10.0. The van der Waals surface area contributed by atoms with Crippen molar-refractivity contribution in [2.45, 2.75) is 50.5 Å². The molecule has 0 atom stereocenters. The lowest BCUT2D eigenvalue weighted by Gasteiger charge is -2.22. The molecule has 0 aliphatic heterocycles. The Balaban J connectivity index is 1.73. The van der Waals surface area contributed by atoms with Crippen molar-refractivity contribution in [3.05, 3.63) is 11.7 Å². The van der Waals surface area contributed by atoms with Gasteiger partial charge in [0.2, 0.25) is 11.7 Å². The highest BCUT2D eigenvalue weighted by Gasteiger charge is 2.40. The van der Waals surface area contributed by atoms with Crippen LogP contribution in [0.3, 0.4) is 0 Å². The molecule has 0 aromatic carbocycles. The van der Waals surface area contributed by atoms with Gasteiger partial charge in [0.1, 0.15) is 11.4 Å². The maximum absolute atomic E-state index is 11.7. The second kappa shape index (κ2) is 4.46. The molecular formula is C13H18N2O3. The smallest absolute Gasteiger partial charge is 0.234 e. The van der Waals surface area contributed by atoms with Gasteiger partial charge in [-0.15, -0.1) is 0 Å². The molecule has 0 spiro atoms. The lowest BCUT2D eigenvalue weighted by molar-refractivity contribution is -0.119. The van der Waals surface area contributed by atoms with Gasteiger partial charge in [0, 0.05) is 13.0 Å². The first-order valence-electron chi connectivity index (χ1n) is 6.64. The van der Waals surface area contributed by atoms with Crippen molar-refractivity contribution in [3.63, 3.8) is 0 Å². The highest BCUT2D eigenvalue weighted by atomic mass is 16.5. The van der Waals surface area contributed by atoms with E-state index in [0.29, 0.717) is 11.7 Å². The maximum Gasteiger partial charge on any atom is 0.234 e. The van der Waals surface area contributed by atoms with Crippen molar-refractivity contribution in [2.75, 3.05) is 7.11 Å². The Morgan fingerprint density at radius 2 is 2.17 bits per heavy atom. The van der Waals surface area contributed by atoms with Crippen LogP contribution in [-0.4, -0.2) is 23.0 Å². The van der Waals surface area contributed by atoms with Crippen molar-refractivity contribution < 1.29 is 14.1 Å². The number of carbonyl (C=O) groups is 1. The van der Waals surface area contributed by atoms with E-state index < -0.39 is 0 Å². The Kier molecular flexibility index (Phi) is 2.93. The molecule has 5 nitrogen and oxygen atoms in total. The fourth-order valence-corrected chi connectivity index (χ4v) is 2.68. The zero-order valence-corrected chi connectivity index (χ0v) is 10.6. The molecule has 0 unspecified atom stereocenters. The molecule has 1 heterocycles. The molecule has 2 saturated carbocycles. The van der Waals surface area contributed by atoms with Crippen LogP contribution in [0.1, 0.15) is 50.2 Å². The predicted molar refractivity (Wildman–Crippen MR) is 62.9 cm³/mol. The Bertz CT molecular complexity index is 445. The third-order valence-electron chi connectivity index (χ3n) is 4.04. The van der Waals surface area contributed by atoms with Crippen LogP contribution in [0.25, 0.3) is 0 Å². The molecule has 1 aromatic heterocycles. The standard InChI is InChI=1S/C13H18N2O3/c1-17-13(6-2-3-7-13)12-14-11(18-15-12)8-10(16)9-4-5-9/h9H,2-8H2,1H3. The van der Waals surface area contributed by atoms with Crippen LogP contribution in [0, 0.1) is 5.92 Å². The van der Waals surface area contributed by atoms with Crippen LogP contribution in [0.2, 0.25) is 0 Å². The number of hydrogen-bond acceptors (Lipinski definition) is 5. The molecule has 0 bridgehead atoms. The summed E-state index contributed by atoms with van der Waals surface area (Å²) in [6, 6.07) is 0. The first-order valence-corrected chi connectivity index (χ1v) is 6.64. The number of carbonyl (C=O) groups excluding carboxylic acids is 1. The summed E-state index contributed by atoms with van der Waals surface area (Å²) in [5.74, 6) is 1.51. The minimum absolute atomic E-state index is 0.225. The minimum Gasteiger partial charge on any atom is -0.370 e. The highest BCUT2D eigenvalue weighted by molar-refractivity contribution is 5.84. The quantitative estimate of drug-likeness (QED) is 0.799. The molecule has 0 amide bonds. The van der Waals surface area contributed by atoms with Crippen LogP contribution in [0.5, 0.6) is 0 Å². The zero-order valence-electron chi connectivity index (χ0n) is 10.6. The minimum atomic E-state index is -0.385. The number of ether oxygens (including phenoxy) is 1. The second-order valence-electron chi connectivity index (χ2n) is 5.33. The van der Waals surface area contributed by atoms with Crippen molar-refractivity contribution in [3.8, 4) is 0 Å². The molecule has 2 fully saturated rings. The summed E-state index contributed by atoms with van der Waals surface area (Å²) in [4.78, 5) is 16.1. The second-order valence-corrected chi connectivity index (χ2v) is 5.33. The van der Waals surface area contributed by atoms with E-state index >= 15 is 0 Å². The van der Waals surface area contributed by atoms with Crippen molar-refractivity contribution in [2.24, 2.45) is 5.92 Å². The first-order chi connectivity index (χ1) is 8.73. The van der Waals surface area contributed by atoms with Crippen LogP contribution in [0.4, 0.5) is 0 Å². The summed E-state index contributed by atoms with van der Waals surface area (Å²) in [6.45, 7) is 0. The summed E-state index contributed by atoms with van der Waals surface area (Å²) < 4.78 is 10.8. The van der Waals surface area contributed by atoms with Crippen molar-refractivity contribution in [1.29, 1.82) is 0 Å². The summed E-state index contributed by atoms with van der Waals surface area (Å²) in [6.07, 6.45) is 6.41. The number of aromatic nitrogens is 2.